The molecule has 180 valence electrons. The zero-order valence-corrected chi connectivity index (χ0v) is 20.5. The smallest absolute Gasteiger partial charge is 0.262 e. The first-order valence-electron chi connectivity index (χ1n) is 10.9. The maximum absolute atomic E-state index is 13.1. The molecule has 1 aliphatic heterocycles. The van der Waals surface area contributed by atoms with Crippen molar-refractivity contribution in [3.05, 3.63) is 59.4 Å². The van der Waals surface area contributed by atoms with Crippen molar-refractivity contribution in [2.75, 3.05) is 24.4 Å². The minimum absolute atomic E-state index is 0.00503. The molecule has 2 atom stereocenters. The van der Waals surface area contributed by atoms with Gasteiger partial charge >= 0.3 is 0 Å². The van der Waals surface area contributed by atoms with Gasteiger partial charge in [0.2, 0.25) is 0 Å². The van der Waals surface area contributed by atoms with Crippen LogP contribution in [0.15, 0.2) is 47.4 Å². The average molecular weight is 478 g/mol. The van der Waals surface area contributed by atoms with Gasteiger partial charge in [-0.25, -0.2) is 12.8 Å². The van der Waals surface area contributed by atoms with E-state index in [-0.39, 0.29) is 39.8 Å². The molecule has 1 aliphatic rings. The highest BCUT2D eigenvalue weighted by atomic mass is 32.2. The number of ether oxygens (including phenoxy) is 1. The molecule has 0 aromatic heterocycles. The van der Waals surface area contributed by atoms with Gasteiger partial charge in [0.25, 0.3) is 15.9 Å². The van der Waals surface area contributed by atoms with Crippen LogP contribution in [0.4, 0.5) is 10.1 Å². The van der Waals surface area contributed by atoms with Crippen LogP contribution in [0.3, 0.4) is 0 Å². The number of carbonyl (C=O) groups is 1. The van der Waals surface area contributed by atoms with E-state index in [4.69, 9.17) is 4.74 Å². The number of benzene rings is 2. The molecule has 0 spiro atoms. The summed E-state index contributed by atoms with van der Waals surface area (Å²) in [7, 11) is -3.96. The number of aryl methyl sites for hydroxylation is 1. The van der Waals surface area contributed by atoms with Gasteiger partial charge in [0, 0.05) is 36.4 Å². The van der Waals surface area contributed by atoms with Crippen molar-refractivity contribution in [3.8, 4) is 0 Å². The molecular weight excluding hydrogens is 445 g/mol. The quantitative estimate of drug-likeness (QED) is 0.637. The Morgan fingerprint density at radius 2 is 1.73 bits per heavy atom. The summed E-state index contributed by atoms with van der Waals surface area (Å²) in [5, 5.41) is 2.94. The third-order valence-electron chi connectivity index (χ3n) is 5.79. The Morgan fingerprint density at radius 1 is 1.12 bits per heavy atom. The molecule has 9 heteroatoms. The van der Waals surface area contributed by atoms with Gasteiger partial charge in [-0.2, -0.15) is 0 Å². The summed E-state index contributed by atoms with van der Waals surface area (Å²) in [6.45, 7) is 11.8. The molecule has 3 rings (SSSR count). The van der Waals surface area contributed by atoms with Crippen LogP contribution in [-0.2, 0) is 14.8 Å². The Balaban J connectivity index is 1.72. The van der Waals surface area contributed by atoms with Gasteiger partial charge < -0.3 is 10.1 Å². The van der Waals surface area contributed by atoms with Gasteiger partial charge in [0.15, 0.2) is 0 Å². The lowest BCUT2D eigenvalue weighted by Crippen LogP contribution is -2.58. The lowest BCUT2D eigenvalue weighted by atomic mass is 10.00. The fourth-order valence-electron chi connectivity index (χ4n) is 3.94. The highest BCUT2D eigenvalue weighted by Gasteiger charge is 2.33. The summed E-state index contributed by atoms with van der Waals surface area (Å²) in [6, 6.07) is 9.60. The minimum Gasteiger partial charge on any atom is -0.373 e. The molecule has 33 heavy (non-hydrogen) atoms. The van der Waals surface area contributed by atoms with E-state index in [9.17, 15) is 17.6 Å². The van der Waals surface area contributed by atoms with Crippen LogP contribution < -0.4 is 10.0 Å². The fraction of sp³-hybridized carbons (Fsp3) is 0.458. The Morgan fingerprint density at radius 3 is 2.33 bits per heavy atom. The number of nitrogens with zero attached hydrogens (tertiary/aromatic N) is 1. The maximum Gasteiger partial charge on any atom is 0.262 e. The van der Waals surface area contributed by atoms with Crippen molar-refractivity contribution >= 4 is 21.6 Å². The zero-order valence-electron chi connectivity index (χ0n) is 19.7. The van der Waals surface area contributed by atoms with Crippen LogP contribution in [0.2, 0.25) is 0 Å². The van der Waals surface area contributed by atoms with Crippen LogP contribution in [0.1, 0.15) is 43.6 Å². The number of hydrogen-bond acceptors (Lipinski definition) is 5. The second-order valence-electron chi connectivity index (χ2n) is 9.25. The summed E-state index contributed by atoms with van der Waals surface area (Å²) < 4.78 is 47.2. The first kappa shape index (κ1) is 25.1. The molecule has 0 aliphatic carbocycles. The standard InChI is InChI=1S/C24H32FN3O4S/c1-16-6-7-19(12-22(16)33(30,31)27-21-10-8-20(25)9-11-21)23(29)26-15-24(4,5)28-13-17(2)32-18(3)14-28/h6-12,17-18,27H,13-15H2,1-5H3,(H,26,29). The van der Waals surface area contributed by atoms with E-state index in [1.807, 2.05) is 13.8 Å². The van der Waals surface area contributed by atoms with E-state index in [2.05, 4.69) is 28.8 Å². The minimum atomic E-state index is -3.96. The summed E-state index contributed by atoms with van der Waals surface area (Å²) in [5.74, 6) is -0.813. The summed E-state index contributed by atoms with van der Waals surface area (Å²) in [6.07, 6.45) is 0.226. The highest BCUT2D eigenvalue weighted by Crippen LogP contribution is 2.23. The number of carbonyl (C=O) groups excluding carboxylic acids is 1. The Kier molecular flexibility index (Phi) is 7.45. The Bertz CT molecular complexity index is 1090. The topological polar surface area (TPSA) is 87.7 Å². The van der Waals surface area contributed by atoms with Crippen molar-refractivity contribution in [3.63, 3.8) is 0 Å². The van der Waals surface area contributed by atoms with Crippen molar-refractivity contribution < 1.29 is 22.3 Å². The number of rotatable bonds is 7. The van der Waals surface area contributed by atoms with Crippen LogP contribution in [-0.4, -0.2) is 56.6 Å². The molecule has 2 N–H and O–H groups in total. The highest BCUT2D eigenvalue weighted by molar-refractivity contribution is 7.92. The lowest BCUT2D eigenvalue weighted by Gasteiger charge is -2.45. The Hall–Kier alpha value is -2.49. The number of morpholine rings is 1. The van der Waals surface area contributed by atoms with E-state index < -0.39 is 15.8 Å². The number of halogens is 1. The second kappa shape index (κ2) is 9.79. The molecule has 7 nitrogen and oxygen atoms in total. The van der Waals surface area contributed by atoms with E-state index in [0.717, 1.165) is 13.1 Å². The normalized spacial score (nSPS) is 19.8. The molecule has 0 radical (unpaired) electrons. The van der Waals surface area contributed by atoms with Gasteiger partial charge in [-0.05, 0) is 76.6 Å². The van der Waals surface area contributed by atoms with Gasteiger partial charge in [-0.15, -0.1) is 0 Å². The summed E-state index contributed by atoms with van der Waals surface area (Å²) in [4.78, 5) is 15.2. The molecule has 0 bridgehead atoms. The summed E-state index contributed by atoms with van der Waals surface area (Å²) in [5.41, 5.74) is 0.685. The number of sulfonamides is 1. The zero-order chi connectivity index (χ0) is 24.4. The molecule has 2 unspecified atom stereocenters. The fourth-order valence-corrected chi connectivity index (χ4v) is 5.27. The first-order chi connectivity index (χ1) is 15.4. The maximum atomic E-state index is 13.1. The number of anilines is 1. The van der Waals surface area contributed by atoms with Gasteiger partial charge in [-0.3, -0.25) is 14.4 Å². The van der Waals surface area contributed by atoms with E-state index in [1.54, 1.807) is 19.1 Å². The average Bonchev–Trinajstić information content (AvgIpc) is 2.73. The van der Waals surface area contributed by atoms with Crippen LogP contribution in [0, 0.1) is 12.7 Å². The molecule has 1 fully saturated rings. The number of nitrogens with one attached hydrogen (secondary N) is 2. The largest absolute Gasteiger partial charge is 0.373 e. The van der Waals surface area contributed by atoms with Gasteiger partial charge in [0.1, 0.15) is 5.82 Å². The van der Waals surface area contributed by atoms with Gasteiger partial charge in [-0.1, -0.05) is 6.07 Å². The third kappa shape index (κ3) is 6.31. The molecule has 2 aromatic rings. The van der Waals surface area contributed by atoms with E-state index in [1.165, 1.54) is 30.3 Å². The van der Waals surface area contributed by atoms with Crippen LogP contribution in [0.25, 0.3) is 0 Å². The lowest BCUT2D eigenvalue weighted by molar-refractivity contribution is -0.0948. The van der Waals surface area contributed by atoms with E-state index in [0.29, 0.717) is 12.1 Å². The molecule has 2 aromatic carbocycles. The monoisotopic (exact) mass is 477 g/mol. The number of amides is 1. The SMILES string of the molecule is Cc1ccc(C(=O)NCC(C)(C)N2CC(C)OC(C)C2)cc1S(=O)(=O)Nc1ccc(F)cc1. The van der Waals surface area contributed by atoms with Crippen molar-refractivity contribution in [2.45, 2.75) is 57.3 Å². The predicted octanol–water partition coefficient (Wildman–Crippen LogP) is 3.55. The molecule has 1 heterocycles. The van der Waals surface area contributed by atoms with Crippen molar-refractivity contribution in [1.82, 2.24) is 10.2 Å². The Labute approximate surface area is 195 Å². The molecule has 1 saturated heterocycles. The molecular formula is C24H32FN3O4S. The summed E-state index contributed by atoms with van der Waals surface area (Å²) >= 11 is 0. The van der Waals surface area contributed by atoms with Crippen molar-refractivity contribution in [2.24, 2.45) is 0 Å². The first-order valence-corrected chi connectivity index (χ1v) is 12.4. The molecule has 1 amide bonds. The third-order valence-corrected chi connectivity index (χ3v) is 7.32. The van der Waals surface area contributed by atoms with Crippen LogP contribution >= 0.6 is 0 Å². The number of hydrogen-bond donors (Lipinski definition) is 2. The molecule has 0 saturated carbocycles. The van der Waals surface area contributed by atoms with Gasteiger partial charge in [0.05, 0.1) is 17.1 Å². The predicted molar refractivity (Wildman–Crippen MR) is 126 cm³/mol. The van der Waals surface area contributed by atoms with E-state index >= 15 is 0 Å². The second-order valence-corrected chi connectivity index (χ2v) is 10.9. The van der Waals surface area contributed by atoms with Crippen LogP contribution in [0.5, 0.6) is 0 Å². The van der Waals surface area contributed by atoms with Crippen molar-refractivity contribution in [1.29, 1.82) is 0 Å².